The van der Waals surface area contributed by atoms with Crippen molar-refractivity contribution in [2.24, 2.45) is 0 Å². The lowest BCUT2D eigenvalue weighted by Gasteiger charge is -2.14. The van der Waals surface area contributed by atoms with Crippen molar-refractivity contribution in [1.29, 1.82) is 0 Å². The minimum atomic E-state index is -1.13. The smallest absolute Gasteiger partial charge is 0.137 e. The first kappa shape index (κ1) is 11.4. The van der Waals surface area contributed by atoms with Crippen molar-refractivity contribution >= 4 is 23.2 Å². The van der Waals surface area contributed by atoms with E-state index in [0.29, 0.717) is 5.75 Å². The first-order valence-corrected chi connectivity index (χ1v) is 4.76. The Kier molecular flexibility index (Phi) is 3.86. The summed E-state index contributed by atoms with van der Waals surface area (Å²) in [6, 6.07) is 4.47. The molecule has 1 aromatic carbocycles. The maximum absolute atomic E-state index is 9.52. The number of phenols is 1. The van der Waals surface area contributed by atoms with Gasteiger partial charge in [-0.15, -0.1) is 23.2 Å². The highest BCUT2D eigenvalue weighted by atomic mass is 35.5. The van der Waals surface area contributed by atoms with Crippen molar-refractivity contribution in [3.8, 4) is 11.5 Å². The van der Waals surface area contributed by atoms with Crippen molar-refractivity contribution in [3.63, 3.8) is 0 Å². The number of phenolic OH excluding ortho intramolecular Hbond substituents is 1. The van der Waals surface area contributed by atoms with E-state index in [2.05, 4.69) is 0 Å². The number of hydrogen-bond donors (Lipinski definition) is 2. The minimum absolute atomic E-state index is 0.0652. The van der Waals surface area contributed by atoms with Crippen LogP contribution in [0, 0.1) is 0 Å². The second-order valence-electron chi connectivity index (χ2n) is 2.70. The highest BCUT2D eigenvalue weighted by molar-refractivity contribution is 6.44. The molecule has 14 heavy (non-hydrogen) atoms. The number of methoxy groups -OCH3 is 1. The van der Waals surface area contributed by atoms with E-state index in [1.807, 2.05) is 0 Å². The van der Waals surface area contributed by atoms with Crippen LogP contribution in [0.5, 0.6) is 11.5 Å². The standard InChI is InChI=1S/C9H10Cl2O3/c1-14-5-2-3-7(12)6(4-5)8(13)9(10)11/h2-4,8-9,12-13H,1H3. The number of aliphatic hydroxyl groups is 1. The monoisotopic (exact) mass is 236 g/mol. The normalized spacial score (nSPS) is 12.9. The Hall–Kier alpha value is -0.640. The molecule has 78 valence electrons. The van der Waals surface area contributed by atoms with Gasteiger partial charge in [0.25, 0.3) is 0 Å². The van der Waals surface area contributed by atoms with Gasteiger partial charge in [-0.3, -0.25) is 0 Å². The van der Waals surface area contributed by atoms with Crippen LogP contribution in [0.15, 0.2) is 18.2 Å². The van der Waals surface area contributed by atoms with Gasteiger partial charge in [0.15, 0.2) is 0 Å². The lowest BCUT2D eigenvalue weighted by atomic mass is 10.1. The van der Waals surface area contributed by atoms with Gasteiger partial charge in [0.2, 0.25) is 0 Å². The second kappa shape index (κ2) is 4.73. The van der Waals surface area contributed by atoms with Crippen LogP contribution in [0.2, 0.25) is 0 Å². The molecular weight excluding hydrogens is 227 g/mol. The van der Waals surface area contributed by atoms with E-state index in [4.69, 9.17) is 27.9 Å². The molecule has 0 amide bonds. The predicted octanol–water partition coefficient (Wildman–Crippen LogP) is 2.24. The van der Waals surface area contributed by atoms with Crippen LogP contribution in [0.25, 0.3) is 0 Å². The largest absolute Gasteiger partial charge is 0.508 e. The van der Waals surface area contributed by atoms with Crippen molar-refractivity contribution in [2.45, 2.75) is 10.9 Å². The molecule has 0 radical (unpaired) electrons. The van der Waals surface area contributed by atoms with Gasteiger partial charge in [-0.1, -0.05) is 0 Å². The molecule has 0 spiro atoms. The lowest BCUT2D eigenvalue weighted by Crippen LogP contribution is -2.06. The highest BCUT2D eigenvalue weighted by Crippen LogP contribution is 2.33. The summed E-state index contributed by atoms with van der Waals surface area (Å²) >= 11 is 11.0. The maximum atomic E-state index is 9.52. The van der Waals surface area contributed by atoms with Gasteiger partial charge in [0.1, 0.15) is 22.4 Å². The zero-order chi connectivity index (χ0) is 10.7. The van der Waals surface area contributed by atoms with E-state index >= 15 is 0 Å². The van der Waals surface area contributed by atoms with Crippen LogP contribution in [0.4, 0.5) is 0 Å². The van der Waals surface area contributed by atoms with Crippen LogP contribution in [-0.4, -0.2) is 22.2 Å². The number of hydrogen-bond acceptors (Lipinski definition) is 3. The van der Waals surface area contributed by atoms with Crippen molar-refractivity contribution in [1.82, 2.24) is 0 Å². The highest BCUT2D eigenvalue weighted by Gasteiger charge is 2.19. The fourth-order valence-electron chi connectivity index (χ4n) is 1.03. The molecule has 1 rings (SSSR count). The zero-order valence-corrected chi connectivity index (χ0v) is 8.96. The molecule has 0 fully saturated rings. The summed E-state index contributed by atoms with van der Waals surface area (Å²) in [6.07, 6.45) is -1.13. The van der Waals surface area contributed by atoms with E-state index in [9.17, 15) is 10.2 Å². The fraction of sp³-hybridized carbons (Fsp3) is 0.333. The number of ether oxygens (including phenoxy) is 1. The molecule has 0 aliphatic carbocycles. The molecule has 3 nitrogen and oxygen atoms in total. The number of benzene rings is 1. The predicted molar refractivity (Wildman–Crippen MR) is 55.1 cm³/mol. The number of rotatable bonds is 3. The Morgan fingerprint density at radius 2 is 2.00 bits per heavy atom. The Morgan fingerprint density at radius 3 is 2.50 bits per heavy atom. The van der Waals surface area contributed by atoms with Crippen LogP contribution in [0.3, 0.4) is 0 Å². The van der Waals surface area contributed by atoms with Crippen molar-refractivity contribution in [3.05, 3.63) is 23.8 Å². The van der Waals surface area contributed by atoms with Crippen LogP contribution in [0.1, 0.15) is 11.7 Å². The van der Waals surface area contributed by atoms with E-state index in [0.717, 1.165) is 0 Å². The minimum Gasteiger partial charge on any atom is -0.508 e. The molecule has 0 aliphatic heterocycles. The maximum Gasteiger partial charge on any atom is 0.137 e. The summed E-state index contributed by atoms with van der Waals surface area (Å²) in [5, 5.41) is 18.9. The Morgan fingerprint density at radius 1 is 1.36 bits per heavy atom. The molecule has 1 unspecified atom stereocenters. The Balaban J connectivity index is 3.05. The van der Waals surface area contributed by atoms with E-state index in [-0.39, 0.29) is 11.3 Å². The van der Waals surface area contributed by atoms with Gasteiger partial charge in [-0.2, -0.15) is 0 Å². The SMILES string of the molecule is COc1ccc(O)c(C(O)C(Cl)Cl)c1. The molecule has 0 aliphatic rings. The fourth-order valence-corrected chi connectivity index (χ4v) is 1.30. The molecule has 5 heteroatoms. The quantitative estimate of drug-likeness (QED) is 0.792. The topological polar surface area (TPSA) is 49.7 Å². The third-order valence-electron chi connectivity index (χ3n) is 1.79. The molecular formula is C9H10Cl2O3. The molecule has 0 saturated carbocycles. The Labute approximate surface area is 91.8 Å². The average molecular weight is 237 g/mol. The second-order valence-corrected chi connectivity index (χ2v) is 3.87. The summed E-state index contributed by atoms with van der Waals surface area (Å²) in [6.45, 7) is 0. The number of halogens is 2. The molecule has 0 saturated heterocycles. The van der Waals surface area contributed by atoms with Gasteiger partial charge in [0, 0.05) is 5.56 Å². The summed E-state index contributed by atoms with van der Waals surface area (Å²) in [5.74, 6) is 0.454. The summed E-state index contributed by atoms with van der Waals surface area (Å²) in [7, 11) is 1.49. The molecule has 1 atom stereocenters. The number of aromatic hydroxyl groups is 1. The molecule has 1 aromatic rings. The first-order valence-electron chi connectivity index (χ1n) is 3.89. The number of aliphatic hydroxyl groups excluding tert-OH is 1. The number of alkyl halides is 2. The van der Waals surface area contributed by atoms with Crippen LogP contribution >= 0.6 is 23.2 Å². The molecule has 0 aromatic heterocycles. The Bertz CT molecular complexity index is 315. The van der Waals surface area contributed by atoms with Crippen molar-refractivity contribution < 1.29 is 14.9 Å². The van der Waals surface area contributed by atoms with Crippen molar-refractivity contribution in [2.75, 3.05) is 7.11 Å². The summed E-state index contributed by atoms with van der Waals surface area (Å²) in [5.41, 5.74) is 0.249. The van der Waals surface area contributed by atoms with Gasteiger partial charge in [-0.05, 0) is 18.2 Å². The van der Waals surface area contributed by atoms with Crippen LogP contribution in [-0.2, 0) is 0 Å². The van der Waals surface area contributed by atoms with Crippen LogP contribution < -0.4 is 4.74 Å². The third kappa shape index (κ3) is 2.44. The zero-order valence-electron chi connectivity index (χ0n) is 7.45. The van der Waals surface area contributed by atoms with E-state index < -0.39 is 10.9 Å². The van der Waals surface area contributed by atoms with Gasteiger partial charge in [0.05, 0.1) is 7.11 Å². The van der Waals surface area contributed by atoms with E-state index in [1.54, 1.807) is 6.07 Å². The van der Waals surface area contributed by atoms with E-state index in [1.165, 1.54) is 19.2 Å². The average Bonchev–Trinajstić information content (AvgIpc) is 2.17. The molecule has 0 bridgehead atoms. The lowest BCUT2D eigenvalue weighted by molar-refractivity contribution is 0.188. The van der Waals surface area contributed by atoms with Gasteiger partial charge < -0.3 is 14.9 Å². The summed E-state index contributed by atoms with van der Waals surface area (Å²) in [4.78, 5) is -0.993. The third-order valence-corrected chi connectivity index (χ3v) is 2.27. The molecule has 2 N–H and O–H groups in total. The van der Waals surface area contributed by atoms with Gasteiger partial charge >= 0.3 is 0 Å². The van der Waals surface area contributed by atoms with Gasteiger partial charge in [-0.25, -0.2) is 0 Å². The first-order chi connectivity index (χ1) is 6.56. The summed E-state index contributed by atoms with van der Waals surface area (Å²) < 4.78 is 4.93. The molecule has 0 heterocycles.